The van der Waals surface area contributed by atoms with Crippen molar-refractivity contribution in [2.45, 2.75) is 111 Å². The molecule has 0 atom stereocenters. The third-order valence-corrected chi connectivity index (χ3v) is 5.40. The van der Waals surface area contributed by atoms with Crippen LogP contribution in [0.3, 0.4) is 0 Å². The topological polar surface area (TPSA) is 19.7 Å². The Labute approximate surface area is 138 Å². The Kier molecular flexibility index (Phi) is 5.92. The van der Waals surface area contributed by atoms with Crippen molar-refractivity contribution in [2.24, 2.45) is 0 Å². The van der Waals surface area contributed by atoms with Gasteiger partial charge in [0.25, 0.3) is 0 Å². The van der Waals surface area contributed by atoms with Crippen molar-refractivity contribution >= 4 is 0 Å². The summed E-state index contributed by atoms with van der Waals surface area (Å²) >= 11 is 0. The summed E-state index contributed by atoms with van der Waals surface area (Å²) in [6.07, 6.45) is 8.24. The van der Waals surface area contributed by atoms with Gasteiger partial charge in [-0.1, -0.05) is 61.3 Å². The molecule has 0 amide bonds. The van der Waals surface area contributed by atoms with Gasteiger partial charge in [0, 0.05) is 10.8 Å². The molecule has 0 aliphatic carbocycles. The van der Waals surface area contributed by atoms with Gasteiger partial charge in [0.15, 0.2) is 5.69 Å². The molecule has 0 fully saturated rings. The SMILES string of the molecule is CCCC(C)(C)c1[nH]c[n+](C(C)(C)CC)c1C(C)(C)CCC. The van der Waals surface area contributed by atoms with E-state index in [1.807, 2.05) is 0 Å². The lowest BCUT2D eigenvalue weighted by molar-refractivity contribution is -0.766. The molecule has 2 heteroatoms. The fraction of sp³-hybridized carbons (Fsp3) is 0.850. The van der Waals surface area contributed by atoms with Crippen LogP contribution in [-0.2, 0) is 16.4 Å². The lowest BCUT2D eigenvalue weighted by atomic mass is 9.75. The standard InChI is InChI=1S/C20H38N2/c1-10-13-18(4,5)16-17(19(6,7)14-11-2)22(15-21-16)20(8,9)12-3/h15H,10-14H2,1-9H3/p+1. The first-order chi connectivity index (χ1) is 10.0. The molecule has 0 unspecified atom stereocenters. The number of nitrogens with zero attached hydrogens (tertiary/aromatic N) is 1. The van der Waals surface area contributed by atoms with Crippen LogP contribution >= 0.6 is 0 Å². The average Bonchev–Trinajstić information content (AvgIpc) is 2.85. The first-order valence-electron chi connectivity index (χ1n) is 9.18. The van der Waals surface area contributed by atoms with Crippen LogP contribution in [-0.4, -0.2) is 4.98 Å². The van der Waals surface area contributed by atoms with Crippen molar-refractivity contribution < 1.29 is 4.57 Å². The Morgan fingerprint density at radius 2 is 1.36 bits per heavy atom. The van der Waals surface area contributed by atoms with E-state index >= 15 is 0 Å². The highest BCUT2D eigenvalue weighted by Gasteiger charge is 2.42. The molecule has 0 saturated heterocycles. The number of aromatic amines is 1. The van der Waals surface area contributed by atoms with E-state index in [1.54, 1.807) is 0 Å². The summed E-state index contributed by atoms with van der Waals surface area (Å²) in [5.41, 5.74) is 3.50. The molecular weight excluding hydrogens is 268 g/mol. The second kappa shape index (κ2) is 6.76. The second-order valence-electron chi connectivity index (χ2n) is 8.80. The van der Waals surface area contributed by atoms with Crippen LogP contribution in [0.5, 0.6) is 0 Å². The maximum absolute atomic E-state index is 3.67. The monoisotopic (exact) mass is 307 g/mol. The van der Waals surface area contributed by atoms with Gasteiger partial charge in [-0.05, 0) is 33.1 Å². The maximum Gasteiger partial charge on any atom is 0.242 e. The van der Waals surface area contributed by atoms with Gasteiger partial charge in [0.2, 0.25) is 6.33 Å². The summed E-state index contributed by atoms with van der Waals surface area (Å²) in [4.78, 5) is 3.67. The molecule has 0 spiro atoms. The van der Waals surface area contributed by atoms with Crippen molar-refractivity contribution in [1.82, 2.24) is 4.98 Å². The van der Waals surface area contributed by atoms with E-state index in [2.05, 4.69) is 78.2 Å². The lowest BCUT2D eigenvalue weighted by Gasteiger charge is -2.32. The van der Waals surface area contributed by atoms with Crippen molar-refractivity contribution in [1.29, 1.82) is 0 Å². The van der Waals surface area contributed by atoms with Crippen LogP contribution in [0.2, 0.25) is 0 Å². The van der Waals surface area contributed by atoms with Crippen LogP contribution in [0.1, 0.15) is 106 Å². The molecule has 128 valence electrons. The van der Waals surface area contributed by atoms with Crippen LogP contribution in [0, 0.1) is 0 Å². The normalized spacial score (nSPS) is 13.7. The molecule has 0 aromatic carbocycles. The van der Waals surface area contributed by atoms with E-state index in [4.69, 9.17) is 0 Å². The molecule has 0 radical (unpaired) electrons. The first-order valence-corrected chi connectivity index (χ1v) is 9.18. The van der Waals surface area contributed by atoms with Gasteiger partial charge in [-0.25, -0.2) is 9.55 Å². The average molecular weight is 308 g/mol. The molecule has 1 aromatic rings. The lowest BCUT2D eigenvalue weighted by Crippen LogP contribution is -2.56. The van der Waals surface area contributed by atoms with Crippen molar-refractivity contribution in [3.05, 3.63) is 17.7 Å². The Bertz CT molecular complexity index is 478. The summed E-state index contributed by atoms with van der Waals surface area (Å²) in [6.45, 7) is 21.2. The first kappa shape index (κ1) is 19.3. The Hall–Kier alpha value is -0.790. The van der Waals surface area contributed by atoms with E-state index in [1.165, 1.54) is 37.1 Å². The van der Waals surface area contributed by atoms with Gasteiger partial charge < -0.3 is 0 Å². The summed E-state index contributed by atoms with van der Waals surface area (Å²) in [7, 11) is 0. The van der Waals surface area contributed by atoms with Gasteiger partial charge in [-0.15, -0.1) is 0 Å². The highest BCUT2D eigenvalue weighted by molar-refractivity contribution is 5.24. The number of nitrogens with one attached hydrogen (secondary N) is 1. The number of aromatic nitrogens is 2. The van der Waals surface area contributed by atoms with Gasteiger partial charge >= 0.3 is 0 Å². The fourth-order valence-electron chi connectivity index (χ4n) is 3.70. The highest BCUT2D eigenvalue weighted by Crippen LogP contribution is 2.37. The fourth-order valence-corrected chi connectivity index (χ4v) is 3.70. The van der Waals surface area contributed by atoms with Crippen molar-refractivity contribution in [2.75, 3.05) is 0 Å². The van der Waals surface area contributed by atoms with Crippen LogP contribution in [0.15, 0.2) is 6.33 Å². The Morgan fingerprint density at radius 1 is 0.864 bits per heavy atom. The number of imidazole rings is 1. The van der Waals surface area contributed by atoms with Crippen LogP contribution < -0.4 is 4.57 Å². The molecule has 1 N–H and O–H groups in total. The van der Waals surface area contributed by atoms with Gasteiger partial charge in [-0.2, -0.15) is 0 Å². The summed E-state index contributed by atoms with van der Waals surface area (Å²) in [5, 5.41) is 0. The molecular formula is C20H39N2+. The Morgan fingerprint density at radius 3 is 1.82 bits per heavy atom. The predicted molar refractivity (Wildman–Crippen MR) is 96.5 cm³/mol. The number of hydrogen-bond donors (Lipinski definition) is 1. The zero-order valence-corrected chi connectivity index (χ0v) is 16.6. The quantitative estimate of drug-likeness (QED) is 0.603. The smallest absolute Gasteiger partial charge is 0.242 e. The number of hydrogen-bond acceptors (Lipinski definition) is 0. The predicted octanol–water partition coefficient (Wildman–Crippen LogP) is 5.60. The third-order valence-electron chi connectivity index (χ3n) is 5.40. The molecule has 1 rings (SSSR count). The molecule has 0 aliphatic heterocycles. The minimum Gasteiger partial charge on any atom is -0.247 e. The number of H-pyrrole nitrogens is 1. The summed E-state index contributed by atoms with van der Waals surface area (Å²) < 4.78 is 2.52. The molecule has 0 aliphatic rings. The summed E-state index contributed by atoms with van der Waals surface area (Å²) in [5.74, 6) is 0. The zero-order valence-electron chi connectivity index (χ0n) is 16.6. The van der Waals surface area contributed by atoms with E-state index in [0.717, 1.165) is 6.42 Å². The van der Waals surface area contributed by atoms with Crippen molar-refractivity contribution in [3.63, 3.8) is 0 Å². The third kappa shape index (κ3) is 3.75. The number of rotatable bonds is 8. The highest BCUT2D eigenvalue weighted by atomic mass is 15.1. The van der Waals surface area contributed by atoms with Gasteiger partial charge in [-0.3, -0.25) is 0 Å². The van der Waals surface area contributed by atoms with Gasteiger partial charge in [0.05, 0.1) is 0 Å². The maximum atomic E-state index is 3.67. The minimum absolute atomic E-state index is 0.150. The molecule has 1 heterocycles. The van der Waals surface area contributed by atoms with E-state index in [9.17, 15) is 0 Å². The largest absolute Gasteiger partial charge is 0.247 e. The van der Waals surface area contributed by atoms with E-state index in [-0.39, 0.29) is 16.4 Å². The zero-order chi connectivity index (χ0) is 17.2. The van der Waals surface area contributed by atoms with E-state index in [0.29, 0.717) is 0 Å². The second-order valence-corrected chi connectivity index (χ2v) is 8.80. The van der Waals surface area contributed by atoms with Gasteiger partial charge in [0.1, 0.15) is 11.2 Å². The summed E-state index contributed by atoms with van der Waals surface area (Å²) in [6, 6.07) is 0. The minimum atomic E-state index is 0.150. The Balaban J connectivity index is 3.55. The van der Waals surface area contributed by atoms with Crippen LogP contribution in [0.4, 0.5) is 0 Å². The molecule has 0 saturated carbocycles. The van der Waals surface area contributed by atoms with Crippen molar-refractivity contribution in [3.8, 4) is 0 Å². The van der Waals surface area contributed by atoms with Crippen LogP contribution in [0.25, 0.3) is 0 Å². The molecule has 2 nitrogen and oxygen atoms in total. The molecule has 22 heavy (non-hydrogen) atoms. The molecule has 1 aromatic heterocycles. The van der Waals surface area contributed by atoms with E-state index < -0.39 is 0 Å². The molecule has 0 bridgehead atoms.